The van der Waals surface area contributed by atoms with Gasteiger partial charge in [0, 0.05) is 26.2 Å². The van der Waals surface area contributed by atoms with E-state index in [2.05, 4.69) is 10.6 Å². The van der Waals surface area contributed by atoms with Gasteiger partial charge in [0.15, 0.2) is 0 Å². The molecule has 2 N–H and O–H groups in total. The summed E-state index contributed by atoms with van der Waals surface area (Å²) in [5, 5.41) is 4.89. The van der Waals surface area contributed by atoms with E-state index in [0.717, 1.165) is 5.69 Å². The third kappa shape index (κ3) is 2.96. The Bertz CT molecular complexity index is 554. The van der Waals surface area contributed by atoms with Crippen molar-refractivity contribution < 1.29 is 14.4 Å². The third-order valence-corrected chi connectivity index (χ3v) is 3.17. The lowest BCUT2D eigenvalue weighted by atomic mass is 10.0. The molecule has 106 valence electrons. The van der Waals surface area contributed by atoms with Crippen molar-refractivity contribution in [2.45, 2.75) is 18.9 Å². The van der Waals surface area contributed by atoms with Crippen molar-refractivity contribution in [2.75, 3.05) is 19.0 Å². The zero-order chi connectivity index (χ0) is 14.7. The molecule has 1 atom stereocenters. The van der Waals surface area contributed by atoms with E-state index < -0.39 is 11.9 Å². The summed E-state index contributed by atoms with van der Waals surface area (Å²) in [6.07, 6.45) is 0.576. The Balaban J connectivity index is 2.13. The highest BCUT2D eigenvalue weighted by Gasteiger charge is 2.28. The Hall–Kier alpha value is -2.37. The van der Waals surface area contributed by atoms with Crippen LogP contribution >= 0.6 is 0 Å². The second-order valence-electron chi connectivity index (χ2n) is 4.89. The minimum absolute atomic E-state index is 0.242. The topological polar surface area (TPSA) is 78.5 Å². The molecule has 0 bridgehead atoms. The molecular weight excluding hydrogens is 258 g/mol. The summed E-state index contributed by atoms with van der Waals surface area (Å²) in [5.74, 6) is -1.06. The van der Waals surface area contributed by atoms with Crippen LogP contribution in [0, 0.1) is 0 Å². The number of nitrogens with one attached hydrogen (secondary N) is 2. The van der Waals surface area contributed by atoms with Crippen molar-refractivity contribution >= 4 is 23.4 Å². The van der Waals surface area contributed by atoms with Crippen molar-refractivity contribution in [1.29, 1.82) is 0 Å². The lowest BCUT2D eigenvalue weighted by molar-refractivity contribution is -0.134. The van der Waals surface area contributed by atoms with Gasteiger partial charge >= 0.3 is 0 Å². The highest BCUT2D eigenvalue weighted by molar-refractivity contribution is 6.05. The van der Waals surface area contributed by atoms with Gasteiger partial charge in [-0.3, -0.25) is 19.7 Å². The fourth-order valence-electron chi connectivity index (χ4n) is 2.12. The van der Waals surface area contributed by atoms with Crippen LogP contribution in [0.4, 0.5) is 5.69 Å². The zero-order valence-electron chi connectivity index (χ0n) is 11.5. The van der Waals surface area contributed by atoms with Gasteiger partial charge in [-0.25, -0.2) is 0 Å². The fraction of sp³-hybridized carbons (Fsp3) is 0.357. The lowest BCUT2D eigenvalue weighted by Crippen LogP contribution is -2.52. The summed E-state index contributed by atoms with van der Waals surface area (Å²) in [4.78, 5) is 36.8. The summed E-state index contributed by atoms with van der Waals surface area (Å²) < 4.78 is 0. The standard InChI is InChI=1S/C14H17N3O3/c1-17(2)11-6-4-3-5-9(11)13(19)15-10-7-8-12(18)16-14(10)20/h3-6,10H,7-8H2,1-2H3,(H,15,19)(H,16,18,20). The molecule has 1 heterocycles. The summed E-state index contributed by atoms with van der Waals surface area (Å²) in [5.41, 5.74) is 1.28. The minimum atomic E-state index is -0.657. The Morgan fingerprint density at radius 1 is 1.30 bits per heavy atom. The summed E-state index contributed by atoms with van der Waals surface area (Å²) >= 11 is 0. The van der Waals surface area contributed by atoms with Crippen LogP contribution in [0.2, 0.25) is 0 Å². The van der Waals surface area contributed by atoms with Gasteiger partial charge in [-0.15, -0.1) is 0 Å². The molecule has 1 unspecified atom stereocenters. The number of carbonyl (C=O) groups is 3. The summed E-state index contributed by atoms with van der Waals surface area (Å²) in [7, 11) is 3.69. The Morgan fingerprint density at radius 2 is 2.00 bits per heavy atom. The maximum Gasteiger partial charge on any atom is 0.254 e. The molecule has 6 nitrogen and oxygen atoms in total. The number of imide groups is 1. The van der Waals surface area contributed by atoms with E-state index in [9.17, 15) is 14.4 Å². The van der Waals surface area contributed by atoms with Crippen molar-refractivity contribution in [1.82, 2.24) is 10.6 Å². The Morgan fingerprint density at radius 3 is 2.65 bits per heavy atom. The van der Waals surface area contributed by atoms with Gasteiger partial charge in [0.2, 0.25) is 11.8 Å². The molecule has 0 aliphatic carbocycles. The Kier molecular flexibility index (Phi) is 4.02. The second kappa shape index (κ2) is 5.73. The van der Waals surface area contributed by atoms with Crippen molar-refractivity contribution in [2.24, 2.45) is 0 Å². The monoisotopic (exact) mass is 275 g/mol. The smallest absolute Gasteiger partial charge is 0.254 e. The first-order valence-corrected chi connectivity index (χ1v) is 6.40. The second-order valence-corrected chi connectivity index (χ2v) is 4.89. The van der Waals surface area contributed by atoms with Crippen LogP contribution in [0.25, 0.3) is 0 Å². The first-order valence-electron chi connectivity index (χ1n) is 6.40. The van der Waals surface area contributed by atoms with Crippen LogP contribution in [0.1, 0.15) is 23.2 Å². The molecule has 0 spiro atoms. The maximum atomic E-state index is 12.3. The van der Waals surface area contributed by atoms with Gasteiger partial charge in [0.1, 0.15) is 6.04 Å². The molecule has 1 aliphatic rings. The van der Waals surface area contributed by atoms with E-state index in [1.54, 1.807) is 12.1 Å². The molecule has 20 heavy (non-hydrogen) atoms. The van der Waals surface area contributed by atoms with Crippen LogP contribution in [0.15, 0.2) is 24.3 Å². The molecule has 1 aliphatic heterocycles. The highest BCUT2D eigenvalue weighted by Crippen LogP contribution is 2.18. The third-order valence-electron chi connectivity index (χ3n) is 3.17. The van der Waals surface area contributed by atoms with E-state index in [-0.39, 0.29) is 18.2 Å². The number of hydrogen-bond donors (Lipinski definition) is 2. The number of para-hydroxylation sites is 1. The van der Waals surface area contributed by atoms with Crippen molar-refractivity contribution in [3.63, 3.8) is 0 Å². The molecule has 0 saturated carbocycles. The van der Waals surface area contributed by atoms with E-state index in [4.69, 9.17) is 0 Å². The minimum Gasteiger partial charge on any atom is -0.377 e. The van der Waals surface area contributed by atoms with Crippen LogP contribution in [0.5, 0.6) is 0 Å². The number of nitrogens with zero attached hydrogens (tertiary/aromatic N) is 1. The van der Waals surface area contributed by atoms with Crippen LogP contribution in [0.3, 0.4) is 0 Å². The van der Waals surface area contributed by atoms with Gasteiger partial charge in [0.05, 0.1) is 5.56 Å². The first kappa shape index (κ1) is 14.0. The summed E-state index contributed by atoms with van der Waals surface area (Å²) in [6, 6.07) is 6.50. The molecule has 1 aromatic carbocycles. The van der Waals surface area contributed by atoms with Crippen LogP contribution in [-0.2, 0) is 9.59 Å². The van der Waals surface area contributed by atoms with E-state index in [1.807, 2.05) is 31.1 Å². The molecule has 0 aromatic heterocycles. The highest BCUT2D eigenvalue weighted by atomic mass is 16.2. The number of anilines is 1. The first-order chi connectivity index (χ1) is 9.49. The number of carbonyl (C=O) groups excluding carboxylic acids is 3. The predicted molar refractivity (Wildman–Crippen MR) is 74.4 cm³/mol. The van der Waals surface area contributed by atoms with Crippen molar-refractivity contribution in [3.8, 4) is 0 Å². The van der Waals surface area contributed by atoms with Gasteiger partial charge in [-0.1, -0.05) is 12.1 Å². The maximum absolute atomic E-state index is 12.3. The van der Waals surface area contributed by atoms with Gasteiger partial charge in [0.25, 0.3) is 5.91 Å². The quantitative estimate of drug-likeness (QED) is 0.777. The molecular formula is C14H17N3O3. The molecule has 6 heteroatoms. The fourth-order valence-corrected chi connectivity index (χ4v) is 2.12. The van der Waals surface area contributed by atoms with Crippen LogP contribution in [-0.4, -0.2) is 37.9 Å². The number of hydrogen-bond acceptors (Lipinski definition) is 4. The lowest BCUT2D eigenvalue weighted by Gasteiger charge is -2.23. The average Bonchev–Trinajstić information content (AvgIpc) is 2.41. The summed E-state index contributed by atoms with van der Waals surface area (Å²) in [6.45, 7) is 0. The normalized spacial score (nSPS) is 18.4. The Labute approximate surface area is 117 Å². The van der Waals surface area contributed by atoms with Gasteiger partial charge in [-0.2, -0.15) is 0 Å². The molecule has 3 amide bonds. The van der Waals surface area contributed by atoms with E-state index in [1.165, 1.54) is 0 Å². The van der Waals surface area contributed by atoms with Crippen LogP contribution < -0.4 is 15.5 Å². The largest absolute Gasteiger partial charge is 0.377 e. The SMILES string of the molecule is CN(C)c1ccccc1C(=O)NC1CCC(=O)NC1=O. The number of amides is 3. The van der Waals surface area contributed by atoms with Gasteiger partial charge in [-0.05, 0) is 18.6 Å². The number of rotatable bonds is 3. The number of benzene rings is 1. The predicted octanol–water partition coefficient (Wildman–Crippen LogP) is 0.288. The van der Waals surface area contributed by atoms with Gasteiger partial charge < -0.3 is 10.2 Å². The molecule has 1 fully saturated rings. The van der Waals surface area contributed by atoms with Crippen molar-refractivity contribution in [3.05, 3.63) is 29.8 Å². The van der Waals surface area contributed by atoms with E-state index in [0.29, 0.717) is 12.0 Å². The molecule has 2 rings (SSSR count). The molecule has 1 saturated heterocycles. The zero-order valence-corrected chi connectivity index (χ0v) is 11.5. The molecule has 0 radical (unpaired) electrons. The number of piperidine rings is 1. The molecule has 1 aromatic rings. The van der Waals surface area contributed by atoms with E-state index >= 15 is 0 Å². The average molecular weight is 275 g/mol.